The van der Waals surface area contributed by atoms with Crippen LogP contribution in [-0.4, -0.2) is 46.3 Å². The summed E-state index contributed by atoms with van der Waals surface area (Å²) in [5.41, 5.74) is 5.29. The molecule has 5 heteroatoms. The van der Waals surface area contributed by atoms with Crippen molar-refractivity contribution in [2.75, 3.05) is 7.05 Å². The van der Waals surface area contributed by atoms with Crippen LogP contribution >= 0.6 is 0 Å². The highest BCUT2D eigenvalue weighted by Gasteiger charge is 2.48. The number of hydrogen-bond acceptors (Lipinski definition) is 4. The quantitative estimate of drug-likeness (QED) is 0.348. The molecule has 0 aromatic carbocycles. The third kappa shape index (κ3) is 3.36. The summed E-state index contributed by atoms with van der Waals surface area (Å²) >= 11 is 0. The van der Waals surface area contributed by atoms with Gasteiger partial charge in [-0.2, -0.15) is 0 Å². The zero-order valence-electron chi connectivity index (χ0n) is 12.4. The fourth-order valence-electron chi connectivity index (χ4n) is 2.96. The van der Waals surface area contributed by atoms with Crippen molar-refractivity contribution in [1.29, 1.82) is 0 Å². The van der Waals surface area contributed by atoms with Gasteiger partial charge in [0.25, 0.3) is 0 Å². The molecule has 1 aliphatic rings. The van der Waals surface area contributed by atoms with E-state index in [4.69, 9.17) is 15.7 Å². The average molecular weight is 257 g/mol. The van der Waals surface area contributed by atoms with Gasteiger partial charge in [-0.15, -0.1) is 0 Å². The number of hydrogen-bond donors (Lipinski definition) is 2. The van der Waals surface area contributed by atoms with Crippen LogP contribution in [0, 0.1) is 0 Å². The summed E-state index contributed by atoms with van der Waals surface area (Å²) in [6, 6.07) is 0.539. The van der Waals surface area contributed by atoms with Gasteiger partial charge in [-0.3, -0.25) is 4.90 Å². The summed E-state index contributed by atoms with van der Waals surface area (Å²) in [4.78, 5) is 2.27. The molecule has 0 aromatic rings. The highest BCUT2D eigenvalue weighted by molar-refractivity contribution is 5.80. The van der Waals surface area contributed by atoms with Crippen LogP contribution in [0.25, 0.3) is 0 Å². The van der Waals surface area contributed by atoms with Crippen molar-refractivity contribution < 1.29 is 9.94 Å². The maximum atomic E-state index is 8.64. The van der Waals surface area contributed by atoms with Gasteiger partial charge in [0.05, 0.1) is 11.2 Å². The van der Waals surface area contributed by atoms with E-state index in [0.717, 1.165) is 6.42 Å². The van der Waals surface area contributed by atoms with Gasteiger partial charge in [-0.1, -0.05) is 5.16 Å². The number of nitrogens with zero attached hydrogens (tertiary/aromatic N) is 2. The molecule has 1 rings (SSSR count). The van der Waals surface area contributed by atoms with Crippen molar-refractivity contribution in [1.82, 2.24) is 4.90 Å². The number of likely N-dealkylation sites (N-methyl/N-ethyl adjacent to an activating group) is 1. The Labute approximate surface area is 110 Å². The van der Waals surface area contributed by atoms with Crippen LogP contribution in [0.15, 0.2) is 5.16 Å². The molecule has 5 nitrogen and oxygen atoms in total. The normalized spacial score (nSPS) is 28.6. The molecular weight excluding hydrogens is 230 g/mol. The molecule has 18 heavy (non-hydrogen) atoms. The molecule has 106 valence electrons. The topological polar surface area (TPSA) is 71.1 Å². The molecule has 1 saturated heterocycles. The largest absolute Gasteiger partial charge is 0.409 e. The van der Waals surface area contributed by atoms with Crippen molar-refractivity contribution >= 4 is 5.84 Å². The smallest absolute Gasteiger partial charge is 0.140 e. The first-order chi connectivity index (χ1) is 8.09. The van der Waals surface area contributed by atoms with E-state index >= 15 is 0 Å². The summed E-state index contributed by atoms with van der Waals surface area (Å²) in [5.74, 6) is 0.269. The predicted molar refractivity (Wildman–Crippen MR) is 72.9 cm³/mol. The average Bonchev–Trinajstić information content (AvgIpc) is 2.45. The van der Waals surface area contributed by atoms with Gasteiger partial charge >= 0.3 is 0 Å². The van der Waals surface area contributed by atoms with E-state index in [1.54, 1.807) is 0 Å². The van der Waals surface area contributed by atoms with E-state index in [2.05, 4.69) is 51.7 Å². The standard InChI is InChI=1S/C13H27N3O2/c1-9(7-11(14)15-17)16(6)10-8-12(2,3)18-13(10,4)5/h9-10,17H,7-8H2,1-6H3,(H2,14,15). The van der Waals surface area contributed by atoms with Gasteiger partial charge in [0, 0.05) is 18.5 Å². The Bertz CT molecular complexity index is 326. The fourth-order valence-corrected chi connectivity index (χ4v) is 2.96. The van der Waals surface area contributed by atoms with Crippen LogP contribution in [-0.2, 0) is 4.74 Å². The summed E-state index contributed by atoms with van der Waals surface area (Å²) in [5, 5.41) is 11.7. The lowest BCUT2D eigenvalue weighted by Gasteiger charge is -2.37. The number of rotatable bonds is 4. The second kappa shape index (κ2) is 5.05. The minimum atomic E-state index is -0.183. The third-order valence-electron chi connectivity index (χ3n) is 3.85. The Hall–Kier alpha value is -0.810. The van der Waals surface area contributed by atoms with Gasteiger partial charge in [0.1, 0.15) is 5.84 Å². The number of ether oxygens (including phenoxy) is 1. The van der Waals surface area contributed by atoms with E-state index in [-0.39, 0.29) is 23.1 Å². The van der Waals surface area contributed by atoms with Gasteiger partial charge in [0.15, 0.2) is 0 Å². The van der Waals surface area contributed by atoms with Crippen LogP contribution in [0.4, 0.5) is 0 Å². The van der Waals surface area contributed by atoms with Gasteiger partial charge in [-0.05, 0) is 48.1 Å². The third-order valence-corrected chi connectivity index (χ3v) is 3.85. The maximum absolute atomic E-state index is 8.64. The molecule has 0 saturated carbocycles. The fraction of sp³-hybridized carbons (Fsp3) is 0.923. The Morgan fingerprint density at radius 1 is 1.50 bits per heavy atom. The van der Waals surface area contributed by atoms with Crippen molar-refractivity contribution in [3.05, 3.63) is 0 Å². The molecule has 1 aliphatic heterocycles. The second-order valence-corrected chi connectivity index (χ2v) is 6.50. The molecule has 0 bridgehead atoms. The van der Waals surface area contributed by atoms with E-state index in [1.165, 1.54) is 0 Å². The van der Waals surface area contributed by atoms with Crippen molar-refractivity contribution in [2.24, 2.45) is 10.9 Å². The molecule has 0 amide bonds. The van der Waals surface area contributed by atoms with Gasteiger partial charge in [-0.25, -0.2) is 0 Å². The Balaban J connectivity index is 2.75. The molecule has 0 radical (unpaired) electrons. The minimum Gasteiger partial charge on any atom is -0.409 e. The van der Waals surface area contributed by atoms with Crippen LogP contribution < -0.4 is 5.73 Å². The summed E-state index contributed by atoms with van der Waals surface area (Å²) in [6.45, 7) is 10.6. The van der Waals surface area contributed by atoms with Gasteiger partial charge < -0.3 is 15.7 Å². The summed E-state index contributed by atoms with van der Waals surface area (Å²) in [6.07, 6.45) is 1.54. The molecule has 3 N–H and O–H groups in total. The lowest BCUT2D eigenvalue weighted by molar-refractivity contribution is -0.0809. The first-order valence-corrected chi connectivity index (χ1v) is 6.47. The lowest BCUT2D eigenvalue weighted by atomic mass is 9.92. The van der Waals surface area contributed by atoms with Crippen molar-refractivity contribution in [2.45, 2.75) is 70.7 Å². The number of nitrogens with two attached hydrogens (primary N) is 1. The first kappa shape index (κ1) is 15.2. The molecule has 2 atom stereocenters. The van der Waals surface area contributed by atoms with Crippen LogP contribution in [0.5, 0.6) is 0 Å². The Morgan fingerprint density at radius 2 is 2.06 bits per heavy atom. The first-order valence-electron chi connectivity index (χ1n) is 6.47. The molecule has 1 fully saturated rings. The molecular formula is C13H27N3O2. The Morgan fingerprint density at radius 3 is 2.44 bits per heavy atom. The maximum Gasteiger partial charge on any atom is 0.140 e. The van der Waals surface area contributed by atoms with Crippen molar-refractivity contribution in [3.8, 4) is 0 Å². The number of amidine groups is 1. The Kier molecular flexibility index (Phi) is 4.28. The van der Waals surface area contributed by atoms with Crippen LogP contribution in [0.3, 0.4) is 0 Å². The second-order valence-electron chi connectivity index (χ2n) is 6.50. The lowest BCUT2D eigenvalue weighted by Crippen LogP contribution is -2.49. The zero-order chi connectivity index (χ0) is 14.1. The van der Waals surface area contributed by atoms with Gasteiger partial charge in [0.2, 0.25) is 0 Å². The van der Waals surface area contributed by atoms with Crippen molar-refractivity contribution in [3.63, 3.8) is 0 Å². The molecule has 0 aromatic heterocycles. The molecule has 1 heterocycles. The van der Waals surface area contributed by atoms with Crippen LogP contribution in [0.2, 0.25) is 0 Å². The van der Waals surface area contributed by atoms with E-state index < -0.39 is 0 Å². The number of oxime groups is 1. The minimum absolute atomic E-state index is 0.0985. The summed E-state index contributed by atoms with van der Waals surface area (Å²) < 4.78 is 6.10. The SMILES string of the molecule is CC(CC(N)=NO)N(C)C1CC(C)(C)OC1(C)C. The van der Waals surface area contributed by atoms with E-state index in [9.17, 15) is 0 Å². The summed E-state index contributed by atoms with van der Waals surface area (Å²) in [7, 11) is 2.08. The highest BCUT2D eigenvalue weighted by atomic mass is 16.5. The van der Waals surface area contributed by atoms with Crippen LogP contribution in [0.1, 0.15) is 47.5 Å². The van der Waals surface area contributed by atoms with E-state index in [0.29, 0.717) is 12.5 Å². The monoisotopic (exact) mass is 257 g/mol. The highest BCUT2D eigenvalue weighted by Crippen LogP contribution is 2.40. The predicted octanol–water partition coefficient (Wildman–Crippen LogP) is 1.79. The molecule has 0 aliphatic carbocycles. The zero-order valence-corrected chi connectivity index (χ0v) is 12.4. The van der Waals surface area contributed by atoms with E-state index in [1.807, 2.05) is 0 Å². The molecule has 2 unspecified atom stereocenters. The molecule has 0 spiro atoms.